The van der Waals surface area contributed by atoms with Gasteiger partial charge in [-0.1, -0.05) is 18.6 Å². The van der Waals surface area contributed by atoms with E-state index >= 15 is 0 Å². The first-order valence-electron chi connectivity index (χ1n) is 7.79. The number of methoxy groups -OCH3 is 2. The first-order valence-corrected chi connectivity index (χ1v) is 7.79. The molecular weight excluding hydrogens is 421 g/mol. The molecular formula is C20H22N2O4Y-2. The van der Waals surface area contributed by atoms with Crippen molar-refractivity contribution in [2.45, 2.75) is 20.3 Å². The van der Waals surface area contributed by atoms with Crippen molar-refractivity contribution in [3.63, 3.8) is 0 Å². The van der Waals surface area contributed by atoms with Crippen molar-refractivity contribution in [3.8, 4) is 28.7 Å². The summed E-state index contributed by atoms with van der Waals surface area (Å²) in [4.78, 5) is 21.0. The van der Waals surface area contributed by atoms with Gasteiger partial charge in [0.25, 0.3) is 5.56 Å². The van der Waals surface area contributed by atoms with Crippen LogP contribution in [0.4, 0.5) is 0 Å². The van der Waals surface area contributed by atoms with Gasteiger partial charge in [0.15, 0.2) is 0 Å². The Morgan fingerprint density at radius 2 is 1.70 bits per heavy atom. The minimum absolute atomic E-state index is 0. The summed E-state index contributed by atoms with van der Waals surface area (Å²) in [6.07, 6.45) is 3.13. The molecule has 7 heteroatoms. The zero-order valence-corrected chi connectivity index (χ0v) is 19.1. The zero-order chi connectivity index (χ0) is 19.9. The molecule has 2 rings (SSSR count). The molecule has 0 atom stereocenters. The topological polar surface area (TPSA) is 81.3 Å². The van der Waals surface area contributed by atoms with Crippen molar-refractivity contribution in [3.05, 3.63) is 52.3 Å². The molecule has 0 bridgehead atoms. The summed E-state index contributed by atoms with van der Waals surface area (Å²) in [5.41, 5.74) is 4.34. The second kappa shape index (κ2) is 11.6. The zero-order valence-electron chi connectivity index (χ0n) is 16.3. The predicted octanol–water partition coefficient (Wildman–Crippen LogP) is 2.88. The molecule has 0 amide bonds. The number of hydrogen-bond donors (Lipinski definition) is 0. The fourth-order valence-electron chi connectivity index (χ4n) is 2.44. The average molecular weight is 443 g/mol. The number of benzene rings is 1. The summed E-state index contributed by atoms with van der Waals surface area (Å²) < 4.78 is 12.3. The number of aromatic nitrogens is 1. The quantitative estimate of drug-likeness (QED) is 0.679. The van der Waals surface area contributed by atoms with Crippen LogP contribution in [0, 0.1) is 32.1 Å². The molecule has 2 aromatic rings. The third kappa shape index (κ3) is 5.95. The van der Waals surface area contributed by atoms with E-state index in [4.69, 9.17) is 19.5 Å². The summed E-state index contributed by atoms with van der Waals surface area (Å²) in [5, 5.41) is 7.55. The Morgan fingerprint density at radius 1 is 1.19 bits per heavy atom. The Labute approximate surface area is 185 Å². The number of carbonyl (C=O) groups excluding carboxylic acids is 1. The number of nitriles is 1. The van der Waals surface area contributed by atoms with Gasteiger partial charge in [0.2, 0.25) is 0 Å². The van der Waals surface area contributed by atoms with E-state index < -0.39 is 0 Å². The second-order valence-electron chi connectivity index (χ2n) is 5.55. The Morgan fingerprint density at radius 3 is 2.07 bits per heavy atom. The molecule has 0 saturated carbocycles. The van der Waals surface area contributed by atoms with Crippen LogP contribution in [0.5, 0.6) is 11.5 Å². The van der Waals surface area contributed by atoms with Gasteiger partial charge in [0.1, 0.15) is 0 Å². The first-order chi connectivity index (χ1) is 12.3. The molecule has 6 nitrogen and oxygen atoms in total. The van der Waals surface area contributed by atoms with Crippen LogP contribution in [-0.4, -0.2) is 25.1 Å². The third-order valence-corrected chi connectivity index (χ3v) is 4.00. The molecule has 1 aromatic heterocycles. The fourth-order valence-corrected chi connectivity index (χ4v) is 2.44. The van der Waals surface area contributed by atoms with Crippen molar-refractivity contribution >= 4 is 6.29 Å². The fraction of sp³-hybridized carbons (Fsp3) is 0.300. The number of pyridine rings is 1. The van der Waals surface area contributed by atoms with Crippen LogP contribution in [0.3, 0.4) is 0 Å². The number of ether oxygens (including phenoxy) is 2. The molecule has 0 aliphatic heterocycles. The van der Waals surface area contributed by atoms with Crippen LogP contribution in [-0.2, 0) is 44.6 Å². The van der Waals surface area contributed by atoms with Crippen LogP contribution < -0.4 is 15.0 Å². The average Bonchev–Trinajstić information content (AvgIpc) is 2.64. The predicted molar refractivity (Wildman–Crippen MR) is 100 cm³/mol. The maximum Gasteiger partial charge on any atom is 0.253 e. The summed E-state index contributed by atoms with van der Waals surface area (Å²) in [5.74, 6) is 1.32. The van der Waals surface area contributed by atoms with Gasteiger partial charge in [-0.3, -0.25) is 11.1 Å². The van der Waals surface area contributed by atoms with E-state index in [1.807, 2.05) is 32.2 Å². The van der Waals surface area contributed by atoms with Crippen molar-refractivity contribution in [1.82, 2.24) is 4.57 Å². The third-order valence-electron chi connectivity index (χ3n) is 4.00. The standard InChI is InChI=1S/C17H20NO3.C3H2NO.Y/c1-10-11(2)17(19)18(4)9-14(10)13-7-15(20-5)12(3)16(8-13)21-6;4-2-1-3-5;/h7-9H,3H2,1-2,4-6H3;1H2;/q2*-1;. The summed E-state index contributed by atoms with van der Waals surface area (Å²) in [6.45, 7) is 7.75. The largest absolute Gasteiger partial charge is 0.553 e. The van der Waals surface area contributed by atoms with Crippen molar-refractivity contribution < 1.29 is 47.0 Å². The Balaban J connectivity index is 0.00000100. The number of nitrogens with zero attached hydrogens (tertiary/aromatic N) is 2. The molecule has 0 fully saturated rings. The Kier molecular flexibility index (Phi) is 10.7. The Bertz CT molecular complexity index is 873. The maximum atomic E-state index is 12.0. The van der Waals surface area contributed by atoms with Gasteiger partial charge in [0.05, 0.1) is 14.2 Å². The van der Waals surface area contributed by atoms with Crippen LogP contribution in [0.2, 0.25) is 0 Å². The van der Waals surface area contributed by atoms with Crippen LogP contribution in [0.1, 0.15) is 23.1 Å². The first kappa shape index (κ1) is 24.9. The maximum absolute atomic E-state index is 12.0. The summed E-state index contributed by atoms with van der Waals surface area (Å²) >= 11 is 0. The molecule has 0 saturated heterocycles. The summed E-state index contributed by atoms with van der Waals surface area (Å²) in [7, 11) is 4.96. The molecule has 1 aromatic carbocycles. The normalized spacial score (nSPS) is 9.19. The molecule has 0 N–H and O–H groups in total. The summed E-state index contributed by atoms with van der Waals surface area (Å²) in [6, 6.07) is 5.42. The number of hydrogen-bond acceptors (Lipinski definition) is 5. The van der Waals surface area contributed by atoms with E-state index in [9.17, 15) is 4.79 Å². The molecule has 0 aliphatic rings. The smallest absolute Gasteiger partial charge is 0.253 e. The monoisotopic (exact) mass is 443 g/mol. The van der Waals surface area contributed by atoms with Gasteiger partial charge in [-0.05, 0) is 30.5 Å². The van der Waals surface area contributed by atoms with Crippen LogP contribution in [0.15, 0.2) is 23.1 Å². The molecule has 1 radical (unpaired) electrons. The van der Waals surface area contributed by atoms with Gasteiger partial charge in [-0.15, -0.1) is 5.56 Å². The Hall–Kier alpha value is -2.10. The van der Waals surface area contributed by atoms with Gasteiger partial charge >= 0.3 is 0 Å². The van der Waals surface area contributed by atoms with Gasteiger partial charge in [-0.2, -0.15) is 6.92 Å². The van der Waals surface area contributed by atoms with Gasteiger partial charge < -0.3 is 18.8 Å². The van der Waals surface area contributed by atoms with Gasteiger partial charge in [-0.25, -0.2) is 5.26 Å². The molecule has 27 heavy (non-hydrogen) atoms. The van der Waals surface area contributed by atoms with E-state index in [1.54, 1.807) is 31.9 Å². The van der Waals surface area contributed by atoms with E-state index in [1.165, 1.54) is 6.29 Å². The van der Waals surface area contributed by atoms with Crippen LogP contribution >= 0.6 is 0 Å². The van der Waals surface area contributed by atoms with Crippen molar-refractivity contribution in [2.24, 2.45) is 7.05 Å². The second-order valence-corrected chi connectivity index (χ2v) is 5.55. The van der Waals surface area contributed by atoms with Crippen LogP contribution in [0.25, 0.3) is 11.1 Å². The molecule has 0 unspecified atom stereocenters. The number of aryl methyl sites for hydroxylation is 1. The van der Waals surface area contributed by atoms with E-state index in [-0.39, 0.29) is 44.7 Å². The molecule has 0 aliphatic carbocycles. The SMILES string of the molecule is N#CC[C-]=O.[CH2-]c1c(OC)cc(-c2cn(C)c(=O)c(C)c2C)cc1OC.[Y]. The van der Waals surface area contributed by atoms with Gasteiger partial charge in [0, 0.05) is 69.1 Å². The molecule has 1 heterocycles. The van der Waals surface area contributed by atoms with Crippen molar-refractivity contribution in [2.75, 3.05) is 14.2 Å². The van der Waals surface area contributed by atoms with E-state index in [2.05, 4.69) is 6.92 Å². The minimum atomic E-state index is -0.111. The molecule has 141 valence electrons. The van der Waals surface area contributed by atoms with Crippen molar-refractivity contribution in [1.29, 1.82) is 5.26 Å². The number of rotatable bonds is 4. The molecule has 0 spiro atoms. The minimum Gasteiger partial charge on any atom is -0.553 e. The van der Waals surface area contributed by atoms with E-state index in [0.717, 1.165) is 22.3 Å². The van der Waals surface area contributed by atoms with E-state index in [0.29, 0.717) is 17.1 Å².